The summed E-state index contributed by atoms with van der Waals surface area (Å²) in [5, 5.41) is 38.1. The number of benzene rings is 1. The van der Waals surface area contributed by atoms with Gasteiger partial charge in [-0.2, -0.15) is 0 Å². The van der Waals surface area contributed by atoms with Crippen LogP contribution in [0.15, 0.2) is 24.3 Å². The molecule has 2 rings (SSSR count). The van der Waals surface area contributed by atoms with E-state index in [9.17, 15) is 15.3 Å². The van der Waals surface area contributed by atoms with Crippen molar-refractivity contribution in [2.45, 2.75) is 37.6 Å². The Morgan fingerprint density at radius 2 is 1.68 bits per heavy atom. The second-order valence-corrected chi connectivity index (χ2v) is 4.63. The Hall–Kier alpha value is -1.18. The summed E-state index contributed by atoms with van der Waals surface area (Å²) in [5.74, 6) is 0.468. The van der Waals surface area contributed by atoms with Crippen LogP contribution in [0.5, 0.6) is 5.75 Å². The van der Waals surface area contributed by atoms with E-state index < -0.39 is 37.3 Å². The number of aryl methyl sites for hydroxylation is 1. The second kappa shape index (κ2) is 5.85. The summed E-state index contributed by atoms with van der Waals surface area (Å²) in [7, 11) is 0. The average Bonchev–Trinajstić information content (AvgIpc) is 2.42. The normalized spacial score (nSPS) is 35.1. The molecule has 6 heteroatoms. The predicted octanol–water partition coefficient (Wildman–Crippen LogP) is -0.826. The quantitative estimate of drug-likeness (QED) is 0.572. The molecule has 6 nitrogen and oxygen atoms in total. The topological polar surface area (TPSA) is 99.4 Å². The monoisotopic (exact) mass is 270 g/mol. The van der Waals surface area contributed by atoms with Crippen molar-refractivity contribution >= 4 is 0 Å². The van der Waals surface area contributed by atoms with Crippen LogP contribution in [0.2, 0.25) is 0 Å². The molecule has 4 N–H and O–H groups in total. The first kappa shape index (κ1) is 14.2. The van der Waals surface area contributed by atoms with Crippen LogP contribution in [-0.2, 0) is 4.74 Å². The van der Waals surface area contributed by atoms with E-state index in [2.05, 4.69) is 0 Å². The van der Waals surface area contributed by atoms with E-state index in [-0.39, 0.29) is 0 Å². The van der Waals surface area contributed by atoms with Gasteiger partial charge in [0.25, 0.3) is 0 Å². The third kappa shape index (κ3) is 3.05. The third-order valence-electron chi connectivity index (χ3n) is 3.12. The number of aliphatic hydroxyl groups is 4. The molecule has 1 aliphatic heterocycles. The van der Waals surface area contributed by atoms with Crippen molar-refractivity contribution in [3.05, 3.63) is 29.8 Å². The number of aliphatic hydroxyl groups excluding tert-OH is 4. The number of hydrogen-bond donors (Lipinski definition) is 4. The molecule has 1 aromatic carbocycles. The van der Waals surface area contributed by atoms with Crippen molar-refractivity contribution in [2.75, 3.05) is 6.61 Å². The van der Waals surface area contributed by atoms with Crippen LogP contribution in [0.3, 0.4) is 0 Å². The summed E-state index contributed by atoms with van der Waals surface area (Å²) < 4.78 is 10.7. The molecule has 1 aromatic rings. The highest BCUT2D eigenvalue weighted by Gasteiger charge is 2.44. The van der Waals surface area contributed by atoms with Gasteiger partial charge in [0.2, 0.25) is 6.29 Å². The van der Waals surface area contributed by atoms with Gasteiger partial charge < -0.3 is 29.9 Å². The lowest BCUT2D eigenvalue weighted by molar-refractivity contribution is -0.277. The van der Waals surface area contributed by atoms with Gasteiger partial charge in [0, 0.05) is 0 Å². The van der Waals surface area contributed by atoms with Gasteiger partial charge in [-0.3, -0.25) is 0 Å². The molecule has 0 spiro atoms. The molecular weight excluding hydrogens is 252 g/mol. The predicted molar refractivity (Wildman–Crippen MR) is 65.6 cm³/mol. The minimum Gasteiger partial charge on any atom is -0.462 e. The second-order valence-electron chi connectivity index (χ2n) is 4.63. The Morgan fingerprint density at radius 1 is 1.05 bits per heavy atom. The van der Waals surface area contributed by atoms with E-state index in [1.807, 2.05) is 19.1 Å². The fourth-order valence-corrected chi connectivity index (χ4v) is 1.92. The molecule has 0 radical (unpaired) electrons. The van der Waals surface area contributed by atoms with Crippen LogP contribution in [0, 0.1) is 6.92 Å². The van der Waals surface area contributed by atoms with Crippen LogP contribution in [0.4, 0.5) is 0 Å². The largest absolute Gasteiger partial charge is 0.462 e. The van der Waals surface area contributed by atoms with Crippen molar-refractivity contribution in [3.63, 3.8) is 0 Å². The standard InChI is InChI=1S/C13H18O6/c1-7-2-4-8(5-3-7)18-13-12(17)11(16)10(15)9(6-14)19-13/h2-5,9-17H,6H2,1H3/t9?,10-,11-,12?,13+/m0/s1. The molecule has 0 aromatic heterocycles. The summed E-state index contributed by atoms with van der Waals surface area (Å²) >= 11 is 0. The highest BCUT2D eigenvalue weighted by Crippen LogP contribution is 2.24. The molecule has 1 heterocycles. The van der Waals surface area contributed by atoms with Crippen molar-refractivity contribution < 1.29 is 29.9 Å². The van der Waals surface area contributed by atoms with E-state index in [0.29, 0.717) is 5.75 Å². The third-order valence-corrected chi connectivity index (χ3v) is 3.12. The van der Waals surface area contributed by atoms with Crippen LogP contribution in [-0.4, -0.2) is 57.7 Å². The minimum absolute atomic E-state index is 0.468. The molecule has 0 aliphatic carbocycles. The van der Waals surface area contributed by atoms with Crippen molar-refractivity contribution in [1.82, 2.24) is 0 Å². The number of hydrogen-bond acceptors (Lipinski definition) is 6. The Labute approximate surface area is 110 Å². The molecule has 0 amide bonds. The van der Waals surface area contributed by atoms with Crippen LogP contribution < -0.4 is 4.74 Å². The zero-order valence-electron chi connectivity index (χ0n) is 10.5. The van der Waals surface area contributed by atoms with Crippen LogP contribution in [0.25, 0.3) is 0 Å². The first-order chi connectivity index (χ1) is 9.02. The van der Waals surface area contributed by atoms with E-state index in [4.69, 9.17) is 14.6 Å². The molecule has 1 saturated heterocycles. The summed E-state index contributed by atoms with van der Waals surface area (Å²) in [5.41, 5.74) is 1.06. The highest BCUT2D eigenvalue weighted by molar-refractivity contribution is 5.26. The van der Waals surface area contributed by atoms with Gasteiger partial charge in [-0.05, 0) is 19.1 Å². The molecule has 0 saturated carbocycles. The fraction of sp³-hybridized carbons (Fsp3) is 0.538. The van der Waals surface area contributed by atoms with Gasteiger partial charge in [0.1, 0.15) is 30.2 Å². The Morgan fingerprint density at radius 3 is 2.26 bits per heavy atom. The first-order valence-electron chi connectivity index (χ1n) is 6.07. The molecule has 0 bridgehead atoms. The van der Waals surface area contributed by atoms with Gasteiger partial charge in [-0.15, -0.1) is 0 Å². The molecule has 1 aliphatic rings. The highest BCUT2D eigenvalue weighted by atomic mass is 16.7. The van der Waals surface area contributed by atoms with E-state index in [1.54, 1.807) is 12.1 Å². The zero-order valence-corrected chi connectivity index (χ0v) is 10.5. The van der Waals surface area contributed by atoms with Crippen LogP contribution >= 0.6 is 0 Å². The summed E-state index contributed by atoms with van der Waals surface area (Å²) in [6.45, 7) is 1.45. The summed E-state index contributed by atoms with van der Waals surface area (Å²) in [4.78, 5) is 0. The fourth-order valence-electron chi connectivity index (χ4n) is 1.92. The van der Waals surface area contributed by atoms with Gasteiger partial charge in [-0.1, -0.05) is 17.7 Å². The average molecular weight is 270 g/mol. The van der Waals surface area contributed by atoms with Gasteiger partial charge in [0.15, 0.2) is 0 Å². The van der Waals surface area contributed by atoms with E-state index in [0.717, 1.165) is 5.56 Å². The molecule has 5 atom stereocenters. The molecule has 106 valence electrons. The van der Waals surface area contributed by atoms with Crippen LogP contribution in [0.1, 0.15) is 5.56 Å². The Balaban J connectivity index is 2.08. The lowest BCUT2D eigenvalue weighted by atomic mass is 9.99. The van der Waals surface area contributed by atoms with Gasteiger partial charge in [0.05, 0.1) is 6.61 Å². The SMILES string of the molecule is Cc1ccc(O[C@@H]2OC(CO)[C@H](O)[C@H](O)C2O)cc1. The first-order valence-corrected chi connectivity index (χ1v) is 6.07. The summed E-state index contributed by atoms with van der Waals surface area (Å²) in [6, 6.07) is 7.08. The smallest absolute Gasteiger partial charge is 0.229 e. The zero-order chi connectivity index (χ0) is 14.0. The number of ether oxygens (including phenoxy) is 2. The number of rotatable bonds is 3. The van der Waals surface area contributed by atoms with E-state index in [1.165, 1.54) is 0 Å². The lowest BCUT2D eigenvalue weighted by Gasteiger charge is -2.39. The maximum absolute atomic E-state index is 9.80. The Kier molecular flexibility index (Phi) is 4.38. The van der Waals surface area contributed by atoms with E-state index >= 15 is 0 Å². The maximum Gasteiger partial charge on any atom is 0.229 e. The molecule has 19 heavy (non-hydrogen) atoms. The van der Waals surface area contributed by atoms with Crippen molar-refractivity contribution in [3.8, 4) is 5.75 Å². The molecule has 2 unspecified atom stereocenters. The molecule has 1 fully saturated rings. The van der Waals surface area contributed by atoms with Gasteiger partial charge in [-0.25, -0.2) is 0 Å². The lowest BCUT2D eigenvalue weighted by Crippen LogP contribution is -2.60. The van der Waals surface area contributed by atoms with Crippen molar-refractivity contribution in [2.24, 2.45) is 0 Å². The van der Waals surface area contributed by atoms with Crippen molar-refractivity contribution in [1.29, 1.82) is 0 Å². The molecular formula is C13H18O6. The Bertz CT molecular complexity index is 404. The maximum atomic E-state index is 9.80. The minimum atomic E-state index is -1.43. The summed E-state index contributed by atoms with van der Waals surface area (Å²) in [6.07, 6.45) is -6.30. The van der Waals surface area contributed by atoms with Gasteiger partial charge >= 0.3 is 0 Å².